The molecule has 1 aliphatic rings. The minimum absolute atomic E-state index is 0.0962. The van der Waals surface area contributed by atoms with Crippen molar-refractivity contribution in [2.45, 2.75) is 281 Å². The lowest BCUT2D eigenvalue weighted by molar-refractivity contribution is -0.220. The number of carbonyl (C=O) groups is 2. The molecule has 1 saturated carbocycles. The molecule has 0 aromatic rings. The van der Waals surface area contributed by atoms with Gasteiger partial charge in [0.25, 0.3) is 0 Å². The number of unbranched alkanes of at least 4 members (excludes halogenated alkanes) is 30. The van der Waals surface area contributed by atoms with Crippen LogP contribution < -0.4 is 0 Å². The number of ether oxygens (including phenoxy) is 2. The third kappa shape index (κ3) is 32.3. The largest absolute Gasteiger partial charge is 0.472 e. The number of allylic oxidation sites excluding steroid dienone is 2. The van der Waals surface area contributed by atoms with Crippen molar-refractivity contribution in [1.82, 2.24) is 0 Å². The van der Waals surface area contributed by atoms with Gasteiger partial charge in [0.1, 0.15) is 43.2 Å². The molecule has 6 unspecified atom stereocenters. The summed E-state index contributed by atoms with van der Waals surface area (Å²) in [6.07, 6.45) is 31.1. The van der Waals surface area contributed by atoms with E-state index in [1.54, 1.807) is 0 Å². The van der Waals surface area contributed by atoms with Crippen LogP contribution in [0, 0.1) is 0 Å². The summed E-state index contributed by atoms with van der Waals surface area (Å²) in [6.45, 7) is 3.33. The van der Waals surface area contributed by atoms with Gasteiger partial charge in [-0.15, -0.1) is 0 Å². The fourth-order valence-corrected chi connectivity index (χ4v) is 9.14. The highest BCUT2D eigenvalue weighted by atomic mass is 31.2. The van der Waals surface area contributed by atoms with Crippen molar-refractivity contribution in [3.8, 4) is 0 Å². The fourth-order valence-electron chi connectivity index (χ4n) is 8.17. The number of rotatable bonds is 44. The molecule has 378 valence electrons. The van der Waals surface area contributed by atoms with E-state index in [1.807, 2.05) is 0 Å². The molecule has 6 N–H and O–H groups in total. The Bertz CT molecular complexity index is 1170. The molecule has 1 aliphatic carbocycles. The van der Waals surface area contributed by atoms with Gasteiger partial charge in [0.15, 0.2) is 6.10 Å². The molecule has 0 spiro atoms. The van der Waals surface area contributed by atoms with Crippen LogP contribution in [0.3, 0.4) is 0 Å². The van der Waals surface area contributed by atoms with E-state index in [0.717, 1.165) is 51.4 Å². The molecular formula is C50H95O13P. The molecular weight excluding hydrogens is 840 g/mol. The average Bonchev–Trinajstić information content (AvgIpc) is 3.28. The Labute approximate surface area is 388 Å². The number of esters is 2. The van der Waals surface area contributed by atoms with E-state index in [2.05, 4.69) is 26.0 Å². The van der Waals surface area contributed by atoms with E-state index in [-0.39, 0.29) is 12.8 Å². The maximum Gasteiger partial charge on any atom is 0.472 e. The Morgan fingerprint density at radius 1 is 0.469 bits per heavy atom. The molecule has 64 heavy (non-hydrogen) atoms. The van der Waals surface area contributed by atoms with Crippen LogP contribution in [0.2, 0.25) is 0 Å². The van der Waals surface area contributed by atoms with Gasteiger partial charge in [-0.2, -0.15) is 0 Å². The fraction of sp³-hybridized carbons (Fsp3) is 0.920. The smallest absolute Gasteiger partial charge is 0.462 e. The molecule has 0 aliphatic heterocycles. The molecule has 0 heterocycles. The molecule has 0 aromatic heterocycles. The van der Waals surface area contributed by atoms with Crippen molar-refractivity contribution in [3.05, 3.63) is 12.2 Å². The topological polar surface area (TPSA) is 210 Å². The van der Waals surface area contributed by atoms with Crippen LogP contribution in [0.1, 0.15) is 239 Å². The van der Waals surface area contributed by atoms with Gasteiger partial charge in [-0.1, -0.05) is 199 Å². The van der Waals surface area contributed by atoms with Gasteiger partial charge in [0.05, 0.1) is 6.61 Å². The number of hydrogen-bond acceptors (Lipinski definition) is 12. The quantitative estimate of drug-likeness (QED) is 0.0146. The first-order valence-electron chi connectivity index (χ1n) is 26.0. The second-order valence-electron chi connectivity index (χ2n) is 18.4. The highest BCUT2D eigenvalue weighted by Crippen LogP contribution is 2.47. The Morgan fingerprint density at radius 2 is 0.797 bits per heavy atom. The number of phosphoric ester groups is 1. The van der Waals surface area contributed by atoms with Crippen LogP contribution in [0.25, 0.3) is 0 Å². The maximum atomic E-state index is 12.8. The number of carbonyl (C=O) groups excluding carboxylic acids is 2. The van der Waals surface area contributed by atoms with E-state index in [0.29, 0.717) is 12.8 Å². The van der Waals surface area contributed by atoms with Crippen molar-refractivity contribution in [2.24, 2.45) is 0 Å². The van der Waals surface area contributed by atoms with Gasteiger partial charge in [0.2, 0.25) is 0 Å². The van der Waals surface area contributed by atoms with Gasteiger partial charge in [-0.3, -0.25) is 18.6 Å². The van der Waals surface area contributed by atoms with Crippen LogP contribution in [0.5, 0.6) is 0 Å². The SMILES string of the molecule is CCCCCCCC/C=C/CCCCCCCCCC(=O)O[C@@H](COC(=O)CCCCCCCCCCCCCCCCCCCC)COP(=O)(O)OC1C(O)C(O)C(O)[C@H](O)C1O. The van der Waals surface area contributed by atoms with Gasteiger partial charge in [-0.05, 0) is 38.5 Å². The molecule has 13 nitrogen and oxygen atoms in total. The summed E-state index contributed by atoms with van der Waals surface area (Å²) < 4.78 is 33.6. The molecule has 14 heteroatoms. The van der Waals surface area contributed by atoms with Crippen LogP contribution in [-0.2, 0) is 32.7 Å². The second kappa shape index (κ2) is 40.6. The number of aliphatic hydroxyl groups is 5. The lowest BCUT2D eigenvalue weighted by atomic mass is 9.85. The summed E-state index contributed by atoms with van der Waals surface area (Å²) in [5.41, 5.74) is 0. The summed E-state index contributed by atoms with van der Waals surface area (Å²) in [5, 5.41) is 50.3. The first kappa shape index (κ1) is 60.6. The zero-order chi connectivity index (χ0) is 47.1. The van der Waals surface area contributed by atoms with E-state index >= 15 is 0 Å². The monoisotopic (exact) mass is 935 g/mol. The van der Waals surface area contributed by atoms with Gasteiger partial charge in [0, 0.05) is 12.8 Å². The summed E-state index contributed by atoms with van der Waals surface area (Å²) >= 11 is 0. The highest BCUT2D eigenvalue weighted by molar-refractivity contribution is 7.47. The van der Waals surface area contributed by atoms with Crippen molar-refractivity contribution < 1.29 is 63.1 Å². The normalized spacial score (nSPS) is 21.6. The number of aliphatic hydroxyl groups excluding tert-OH is 5. The van der Waals surface area contributed by atoms with Crippen LogP contribution in [-0.4, -0.2) is 98.3 Å². The molecule has 0 amide bonds. The Morgan fingerprint density at radius 3 is 1.19 bits per heavy atom. The summed E-state index contributed by atoms with van der Waals surface area (Å²) in [6, 6.07) is 0. The minimum Gasteiger partial charge on any atom is -0.462 e. The Kier molecular flexibility index (Phi) is 38.5. The molecule has 1 fully saturated rings. The Balaban J connectivity index is 2.39. The van der Waals surface area contributed by atoms with Crippen molar-refractivity contribution >= 4 is 19.8 Å². The predicted octanol–water partition coefficient (Wildman–Crippen LogP) is 11.0. The van der Waals surface area contributed by atoms with Gasteiger partial charge < -0.3 is 39.9 Å². The average molecular weight is 935 g/mol. The second-order valence-corrected chi connectivity index (χ2v) is 19.8. The molecule has 0 radical (unpaired) electrons. The van der Waals surface area contributed by atoms with Crippen LogP contribution in [0.4, 0.5) is 0 Å². The zero-order valence-corrected chi connectivity index (χ0v) is 41.2. The molecule has 0 saturated heterocycles. The molecule has 1 rings (SSSR count). The third-order valence-corrected chi connectivity index (χ3v) is 13.3. The summed E-state index contributed by atoms with van der Waals surface area (Å²) in [5.74, 6) is -1.09. The molecule has 0 aromatic carbocycles. The van der Waals surface area contributed by atoms with Crippen molar-refractivity contribution in [3.63, 3.8) is 0 Å². The summed E-state index contributed by atoms with van der Waals surface area (Å²) in [4.78, 5) is 35.8. The van der Waals surface area contributed by atoms with Crippen molar-refractivity contribution in [1.29, 1.82) is 0 Å². The van der Waals surface area contributed by atoms with E-state index in [9.17, 15) is 44.6 Å². The summed E-state index contributed by atoms with van der Waals surface area (Å²) in [7, 11) is -5.12. The van der Waals surface area contributed by atoms with Crippen molar-refractivity contribution in [2.75, 3.05) is 13.2 Å². The first-order valence-corrected chi connectivity index (χ1v) is 27.5. The van der Waals surface area contributed by atoms with E-state index in [4.69, 9.17) is 18.5 Å². The highest BCUT2D eigenvalue weighted by Gasteiger charge is 2.51. The number of phosphoric acid groups is 1. The third-order valence-electron chi connectivity index (χ3n) is 12.4. The predicted molar refractivity (Wildman–Crippen MR) is 254 cm³/mol. The maximum absolute atomic E-state index is 12.8. The number of hydrogen-bond donors (Lipinski definition) is 6. The van der Waals surface area contributed by atoms with Crippen LogP contribution in [0.15, 0.2) is 12.2 Å². The Hall–Kier alpha value is -1.41. The zero-order valence-electron chi connectivity index (χ0n) is 40.3. The minimum atomic E-state index is -5.12. The van der Waals surface area contributed by atoms with E-state index < -0.39 is 75.7 Å². The molecule has 0 bridgehead atoms. The lowest BCUT2D eigenvalue weighted by Crippen LogP contribution is -2.64. The lowest BCUT2D eigenvalue weighted by Gasteiger charge is -2.41. The van der Waals surface area contributed by atoms with E-state index in [1.165, 1.54) is 148 Å². The van der Waals surface area contributed by atoms with Gasteiger partial charge >= 0.3 is 19.8 Å². The van der Waals surface area contributed by atoms with Gasteiger partial charge in [-0.25, -0.2) is 4.57 Å². The van der Waals surface area contributed by atoms with Crippen LogP contribution >= 0.6 is 7.82 Å². The molecule has 8 atom stereocenters. The first-order chi connectivity index (χ1) is 30.9. The standard InChI is InChI=1S/C50H95O13P/c1-3-5-7-9-11-13-15-17-19-21-23-24-26-28-30-32-34-36-38-43(51)60-40-42(41-61-64(58,59)63-50-48(56)46(54)45(53)47(55)49(50)57)62-44(52)39-37-35-33-31-29-27-25-22-20-18-16-14-12-10-8-6-4-2/h18,20,42,45-50,53-57H,3-17,19,21-41H2,1-2H3,(H,58,59)/b20-18+/t42-,45?,46-,47?,48?,49?,50?/m0/s1.